The first kappa shape index (κ1) is 31.1. The van der Waals surface area contributed by atoms with Gasteiger partial charge in [-0.05, 0) is 43.0 Å². The molecule has 15 nitrogen and oxygen atoms in total. The number of unbranched alkanes of at least 4 members (excludes halogenated alkanes) is 2. The molecule has 1 fully saturated rings. The summed E-state index contributed by atoms with van der Waals surface area (Å²) in [6, 6.07) is 7.08. The van der Waals surface area contributed by atoms with Crippen molar-refractivity contribution in [2.45, 2.75) is 74.8 Å². The molecule has 1 saturated heterocycles. The number of carbonyl (C=O) groups is 2. The third-order valence-corrected chi connectivity index (χ3v) is 8.13. The highest BCUT2D eigenvalue weighted by Gasteiger charge is 2.47. The summed E-state index contributed by atoms with van der Waals surface area (Å²) < 4.78 is 33.8. The van der Waals surface area contributed by atoms with E-state index in [-0.39, 0.29) is 25.1 Å². The lowest BCUT2D eigenvalue weighted by Gasteiger charge is -2.39. The molecule has 4 aliphatic heterocycles. The molecule has 15 heteroatoms. The van der Waals surface area contributed by atoms with Crippen molar-refractivity contribution >= 4 is 11.9 Å². The van der Waals surface area contributed by atoms with Gasteiger partial charge in [0, 0.05) is 23.8 Å². The summed E-state index contributed by atoms with van der Waals surface area (Å²) in [6.07, 6.45) is -6.63. The summed E-state index contributed by atoms with van der Waals surface area (Å²) in [4.78, 5) is 33.2. The van der Waals surface area contributed by atoms with Gasteiger partial charge in [-0.1, -0.05) is 6.42 Å². The van der Waals surface area contributed by atoms with E-state index >= 15 is 0 Å². The van der Waals surface area contributed by atoms with Crippen LogP contribution in [0.4, 0.5) is 0 Å². The third kappa shape index (κ3) is 6.45. The number of hydrogen-bond donors (Lipinski definition) is 5. The number of carbonyl (C=O) groups excluding carboxylic acids is 1. The topological polar surface area (TPSA) is 209 Å². The number of aliphatic hydroxyl groups is 4. The number of esters is 1. The second-order valence-electron chi connectivity index (χ2n) is 11.2. The Hall–Kier alpha value is -3.86. The maximum absolute atomic E-state index is 11.5. The van der Waals surface area contributed by atoms with Crippen LogP contribution in [-0.2, 0) is 30.4 Å². The van der Waals surface area contributed by atoms with E-state index in [1.165, 1.54) is 0 Å². The number of aliphatic hydroxyl groups excluding tert-OH is 4. The van der Waals surface area contributed by atoms with E-state index in [0.29, 0.717) is 48.0 Å². The Morgan fingerprint density at radius 2 is 1.71 bits per heavy atom. The van der Waals surface area contributed by atoms with Gasteiger partial charge >= 0.3 is 11.9 Å². The molecule has 0 radical (unpaired) electrons. The average Bonchev–Trinajstić information content (AvgIpc) is 3.62. The Balaban J connectivity index is 1.18. The zero-order chi connectivity index (χ0) is 31.7. The Kier molecular flexibility index (Phi) is 9.16. The summed E-state index contributed by atoms with van der Waals surface area (Å²) in [6.45, 7) is -0.0114. The van der Waals surface area contributed by atoms with E-state index in [2.05, 4.69) is 0 Å². The molecule has 0 amide bonds. The van der Waals surface area contributed by atoms with Gasteiger partial charge < -0.3 is 58.8 Å². The van der Waals surface area contributed by atoms with Crippen LogP contribution < -0.4 is 23.8 Å². The molecule has 4 heterocycles. The number of benzene rings is 2. The average molecular weight is 635 g/mol. The molecule has 0 aliphatic carbocycles. The summed E-state index contributed by atoms with van der Waals surface area (Å²) in [5, 5.41) is 49.6. The first-order valence-electron chi connectivity index (χ1n) is 14.6. The van der Waals surface area contributed by atoms with Crippen LogP contribution in [0, 0.1) is 0 Å². The Labute approximate surface area is 256 Å². The van der Waals surface area contributed by atoms with E-state index in [1.807, 2.05) is 6.07 Å². The largest absolute Gasteiger partial charge is 0.492 e. The third-order valence-electron chi connectivity index (χ3n) is 8.13. The minimum atomic E-state index is -1.80. The van der Waals surface area contributed by atoms with Gasteiger partial charge in [0.1, 0.15) is 48.9 Å². The molecule has 45 heavy (non-hydrogen) atoms. The second-order valence-corrected chi connectivity index (χ2v) is 11.2. The molecule has 5 N–H and O–H groups in total. The van der Waals surface area contributed by atoms with Gasteiger partial charge in [0.25, 0.3) is 0 Å². The lowest BCUT2D eigenvalue weighted by atomic mass is 9.87. The number of aryl methyl sites for hydroxylation is 1. The number of ether oxygens (including phenoxy) is 6. The number of rotatable bonds is 12. The Morgan fingerprint density at radius 3 is 2.49 bits per heavy atom. The van der Waals surface area contributed by atoms with E-state index < -0.39 is 61.8 Å². The molecule has 2 aromatic rings. The van der Waals surface area contributed by atoms with Crippen LogP contribution in [-0.4, -0.2) is 94.8 Å². The number of carboxylic acid groups (broad SMARTS) is 1. The fourth-order valence-electron chi connectivity index (χ4n) is 5.87. The van der Waals surface area contributed by atoms with Gasteiger partial charge in [-0.25, -0.2) is 0 Å². The van der Waals surface area contributed by atoms with Crippen LogP contribution in [0.15, 0.2) is 24.3 Å². The zero-order valence-corrected chi connectivity index (χ0v) is 24.0. The smallest absolute Gasteiger partial charge is 0.317 e. The van der Waals surface area contributed by atoms with Crippen molar-refractivity contribution in [3.8, 4) is 28.7 Å². The summed E-state index contributed by atoms with van der Waals surface area (Å²) in [7, 11) is 0. The summed E-state index contributed by atoms with van der Waals surface area (Å²) in [5.41, 5.74) is 2.43. The van der Waals surface area contributed by atoms with Crippen LogP contribution >= 0.6 is 0 Å². The molecule has 244 valence electrons. The molecule has 4 aliphatic rings. The van der Waals surface area contributed by atoms with Gasteiger partial charge in [0.15, 0.2) is 29.6 Å². The predicted molar refractivity (Wildman–Crippen MR) is 147 cm³/mol. The van der Waals surface area contributed by atoms with Crippen molar-refractivity contribution in [3.05, 3.63) is 41.0 Å². The normalized spacial score (nSPS) is 27.4. The van der Waals surface area contributed by atoms with Crippen LogP contribution in [0.5, 0.6) is 28.7 Å². The van der Waals surface area contributed by atoms with E-state index in [0.717, 1.165) is 24.0 Å². The second kappa shape index (κ2) is 13.2. The van der Waals surface area contributed by atoms with Gasteiger partial charge in [0.2, 0.25) is 6.79 Å². The molecule has 0 unspecified atom stereocenters. The highest BCUT2D eigenvalue weighted by molar-refractivity contribution is 5.90. The van der Waals surface area contributed by atoms with E-state index in [1.54, 1.807) is 18.2 Å². The van der Waals surface area contributed by atoms with Crippen LogP contribution in [0.25, 0.3) is 0 Å². The van der Waals surface area contributed by atoms with Crippen molar-refractivity contribution < 1.29 is 73.3 Å². The van der Waals surface area contributed by atoms with Gasteiger partial charge in [-0.2, -0.15) is 4.89 Å². The minimum absolute atomic E-state index is 0.0877. The number of aliphatic carboxylic acids is 1. The lowest BCUT2D eigenvalue weighted by Crippen LogP contribution is -2.59. The Bertz CT molecular complexity index is 1410. The molecule has 2 aromatic carbocycles. The van der Waals surface area contributed by atoms with Crippen molar-refractivity contribution in [2.24, 2.45) is 0 Å². The van der Waals surface area contributed by atoms with Gasteiger partial charge in [0.05, 0.1) is 12.5 Å². The van der Waals surface area contributed by atoms with E-state index in [9.17, 15) is 30.0 Å². The first-order chi connectivity index (χ1) is 21.7. The lowest BCUT2D eigenvalue weighted by molar-refractivity contribution is -0.365. The zero-order valence-electron chi connectivity index (χ0n) is 24.0. The number of hydrogen-bond acceptors (Lipinski definition) is 14. The maximum Gasteiger partial charge on any atom is 0.317 e. The fourth-order valence-corrected chi connectivity index (χ4v) is 5.87. The van der Waals surface area contributed by atoms with Crippen LogP contribution in [0.1, 0.15) is 54.4 Å². The first-order valence-corrected chi connectivity index (χ1v) is 14.6. The fraction of sp³-hybridized carbons (Fsp3) is 0.533. The molecule has 0 aromatic heterocycles. The highest BCUT2D eigenvalue weighted by Crippen LogP contribution is 2.55. The molecule has 7 atom stereocenters. The van der Waals surface area contributed by atoms with Gasteiger partial charge in [-0.3, -0.25) is 9.59 Å². The molecule has 0 bridgehead atoms. The minimum Gasteiger partial charge on any atom is -0.492 e. The van der Waals surface area contributed by atoms with Crippen molar-refractivity contribution in [1.82, 2.24) is 0 Å². The quantitative estimate of drug-likeness (QED) is 0.0721. The molecular formula is C30H34O15. The molecular weight excluding hydrogens is 600 g/mol. The van der Waals surface area contributed by atoms with Gasteiger partial charge in [-0.15, -0.1) is 0 Å². The molecule has 0 saturated carbocycles. The van der Waals surface area contributed by atoms with Crippen molar-refractivity contribution in [2.75, 3.05) is 26.6 Å². The monoisotopic (exact) mass is 634 g/mol. The predicted octanol–water partition coefficient (Wildman–Crippen LogP) is 0.866. The van der Waals surface area contributed by atoms with Crippen LogP contribution in [0.3, 0.4) is 0 Å². The number of carboxylic acids is 1. The molecule has 0 spiro atoms. The molecule has 6 rings (SSSR count). The number of fused-ring (bicyclic) bond motifs is 6. The van der Waals surface area contributed by atoms with Crippen molar-refractivity contribution in [3.63, 3.8) is 0 Å². The highest BCUT2D eigenvalue weighted by atomic mass is 17.2. The maximum atomic E-state index is 11.5. The van der Waals surface area contributed by atoms with Crippen molar-refractivity contribution in [1.29, 1.82) is 0 Å². The summed E-state index contributed by atoms with van der Waals surface area (Å²) in [5.74, 6) is 0.124. The SMILES string of the molecule is O=C(O)CC(=O)OC[C@H]1O[C@@H](O)[C@@H](OOc2cc(CCCCCO)c3c(c2)[C@H]2Oc4cc5c(cc4[C@@H]2CO3)OCO5)[C@@H](O)[C@@H]1O. The Morgan fingerprint density at radius 1 is 0.911 bits per heavy atom. The van der Waals surface area contributed by atoms with E-state index in [4.69, 9.17) is 43.3 Å². The van der Waals surface area contributed by atoms with Crippen LogP contribution in [0.2, 0.25) is 0 Å². The standard InChI is InChI=1S/C30H34O15/c31-5-3-1-2-4-14-6-15(44-45-29-26(36)25(35)22(43-30(29)37)12-38-24(34)10-23(32)33)7-17-27(14)39-11-18-16-8-20-21(41-13-40-20)9-19(16)42-28(17)18/h6-9,18,22,25-26,28-31,35-37H,1-5,10-13H2,(H,32,33)/t18-,22+,25+,26-,28+,29-,30+/m0/s1. The summed E-state index contributed by atoms with van der Waals surface area (Å²) >= 11 is 0.